The highest BCUT2D eigenvalue weighted by Crippen LogP contribution is 2.24. The monoisotopic (exact) mass is 421 g/mol. The molecule has 0 saturated carbocycles. The van der Waals surface area contributed by atoms with Gasteiger partial charge in [-0.05, 0) is 44.2 Å². The SMILES string of the molecule is O=C(Cn1c(=O)oc2cc(S(=O)(=O)N3CCCCCC3)ccc21)N1CCCCC1. The van der Waals surface area contributed by atoms with E-state index in [0.717, 1.165) is 44.9 Å². The predicted molar refractivity (Wildman–Crippen MR) is 108 cm³/mol. The molecule has 2 aliphatic heterocycles. The molecule has 3 heterocycles. The number of piperidine rings is 1. The number of likely N-dealkylation sites (tertiary alicyclic amines) is 1. The zero-order valence-electron chi connectivity index (χ0n) is 16.5. The van der Waals surface area contributed by atoms with E-state index in [1.807, 2.05) is 0 Å². The minimum Gasteiger partial charge on any atom is -0.408 e. The second kappa shape index (κ2) is 8.31. The topological polar surface area (TPSA) is 92.8 Å². The van der Waals surface area contributed by atoms with E-state index < -0.39 is 15.8 Å². The Labute approximate surface area is 170 Å². The summed E-state index contributed by atoms with van der Waals surface area (Å²) >= 11 is 0. The van der Waals surface area contributed by atoms with E-state index in [-0.39, 0.29) is 22.9 Å². The normalized spacial score (nSPS) is 19.4. The Kier molecular flexibility index (Phi) is 5.78. The fraction of sp³-hybridized carbons (Fsp3) is 0.600. The molecule has 1 aromatic carbocycles. The number of oxazole rings is 1. The number of benzene rings is 1. The Balaban J connectivity index is 1.61. The van der Waals surface area contributed by atoms with Gasteiger partial charge in [0.15, 0.2) is 5.58 Å². The summed E-state index contributed by atoms with van der Waals surface area (Å²) in [5.74, 6) is -0.759. The number of nitrogens with zero attached hydrogens (tertiary/aromatic N) is 3. The van der Waals surface area contributed by atoms with Crippen molar-refractivity contribution in [2.75, 3.05) is 26.2 Å². The molecule has 29 heavy (non-hydrogen) atoms. The molecule has 2 aromatic rings. The Bertz CT molecular complexity index is 1040. The number of amides is 1. The van der Waals surface area contributed by atoms with E-state index in [9.17, 15) is 18.0 Å². The van der Waals surface area contributed by atoms with Gasteiger partial charge in [0.1, 0.15) is 6.54 Å². The molecule has 0 N–H and O–H groups in total. The van der Waals surface area contributed by atoms with E-state index in [1.165, 1.54) is 21.0 Å². The number of aromatic nitrogens is 1. The van der Waals surface area contributed by atoms with Crippen molar-refractivity contribution in [1.82, 2.24) is 13.8 Å². The number of rotatable bonds is 4. The minimum absolute atomic E-state index is 0.0932. The van der Waals surface area contributed by atoms with Gasteiger partial charge in [0, 0.05) is 32.2 Å². The summed E-state index contributed by atoms with van der Waals surface area (Å²) in [5, 5.41) is 0. The molecular formula is C20H27N3O5S. The average molecular weight is 422 g/mol. The van der Waals surface area contributed by atoms with Crippen LogP contribution in [0, 0.1) is 0 Å². The van der Waals surface area contributed by atoms with Crippen LogP contribution in [0.4, 0.5) is 0 Å². The van der Waals surface area contributed by atoms with Gasteiger partial charge in [0.25, 0.3) is 0 Å². The lowest BCUT2D eigenvalue weighted by Crippen LogP contribution is -2.39. The Morgan fingerprint density at radius 1 is 0.931 bits per heavy atom. The zero-order valence-corrected chi connectivity index (χ0v) is 17.3. The van der Waals surface area contributed by atoms with E-state index in [1.54, 1.807) is 11.0 Å². The van der Waals surface area contributed by atoms with Crippen molar-refractivity contribution >= 4 is 27.0 Å². The fourth-order valence-corrected chi connectivity index (χ4v) is 5.70. The fourth-order valence-electron chi connectivity index (χ4n) is 4.17. The quantitative estimate of drug-likeness (QED) is 0.754. The largest absolute Gasteiger partial charge is 0.420 e. The maximum Gasteiger partial charge on any atom is 0.420 e. The van der Waals surface area contributed by atoms with Crippen LogP contribution < -0.4 is 5.76 Å². The van der Waals surface area contributed by atoms with Crippen molar-refractivity contribution in [3.05, 3.63) is 28.7 Å². The molecule has 0 radical (unpaired) electrons. The third-order valence-electron chi connectivity index (χ3n) is 5.84. The number of carbonyl (C=O) groups is 1. The van der Waals surface area contributed by atoms with Crippen LogP contribution in [0.1, 0.15) is 44.9 Å². The molecule has 0 atom stereocenters. The first kappa shape index (κ1) is 20.2. The molecule has 2 aliphatic rings. The Hall–Kier alpha value is -2.13. The summed E-state index contributed by atoms with van der Waals surface area (Å²) in [6.45, 7) is 2.35. The third kappa shape index (κ3) is 4.11. The van der Waals surface area contributed by atoms with Gasteiger partial charge < -0.3 is 9.32 Å². The molecule has 1 aromatic heterocycles. The highest BCUT2D eigenvalue weighted by Gasteiger charge is 2.27. The molecule has 8 nitrogen and oxygen atoms in total. The smallest absolute Gasteiger partial charge is 0.408 e. The second-order valence-corrected chi connectivity index (χ2v) is 9.78. The first-order valence-electron chi connectivity index (χ1n) is 10.4. The van der Waals surface area contributed by atoms with Crippen LogP contribution in [0.5, 0.6) is 0 Å². The predicted octanol–water partition coefficient (Wildman–Crippen LogP) is 2.17. The molecule has 158 valence electrons. The highest BCUT2D eigenvalue weighted by molar-refractivity contribution is 7.89. The summed E-state index contributed by atoms with van der Waals surface area (Å²) < 4.78 is 34.1. The lowest BCUT2D eigenvalue weighted by molar-refractivity contribution is -0.132. The van der Waals surface area contributed by atoms with Gasteiger partial charge in [0.2, 0.25) is 15.9 Å². The number of sulfonamides is 1. The molecule has 9 heteroatoms. The van der Waals surface area contributed by atoms with Gasteiger partial charge >= 0.3 is 5.76 Å². The van der Waals surface area contributed by atoms with Crippen LogP contribution in [-0.4, -0.2) is 54.3 Å². The van der Waals surface area contributed by atoms with Crippen LogP contribution in [0.3, 0.4) is 0 Å². The van der Waals surface area contributed by atoms with Crippen molar-refractivity contribution in [2.45, 2.75) is 56.4 Å². The van der Waals surface area contributed by atoms with Gasteiger partial charge in [-0.25, -0.2) is 13.2 Å². The van der Waals surface area contributed by atoms with Gasteiger partial charge in [-0.2, -0.15) is 4.31 Å². The van der Waals surface area contributed by atoms with Crippen molar-refractivity contribution < 1.29 is 17.6 Å². The van der Waals surface area contributed by atoms with E-state index >= 15 is 0 Å². The van der Waals surface area contributed by atoms with Crippen LogP contribution in [0.2, 0.25) is 0 Å². The van der Waals surface area contributed by atoms with E-state index in [2.05, 4.69) is 0 Å². The lowest BCUT2D eigenvalue weighted by atomic mass is 10.1. The van der Waals surface area contributed by atoms with E-state index in [0.29, 0.717) is 31.7 Å². The van der Waals surface area contributed by atoms with Gasteiger partial charge in [-0.3, -0.25) is 9.36 Å². The number of fused-ring (bicyclic) bond motifs is 1. The summed E-state index contributed by atoms with van der Waals surface area (Å²) in [7, 11) is -3.63. The molecule has 2 saturated heterocycles. The van der Waals surface area contributed by atoms with Crippen LogP contribution >= 0.6 is 0 Å². The Morgan fingerprint density at radius 3 is 2.24 bits per heavy atom. The van der Waals surface area contributed by atoms with Gasteiger partial charge in [0.05, 0.1) is 10.4 Å². The lowest BCUT2D eigenvalue weighted by Gasteiger charge is -2.26. The first-order chi connectivity index (χ1) is 14.0. The standard InChI is InChI=1S/C20H27N3O5S/c24-19(21-10-4-3-5-11-21)15-23-17-9-8-16(14-18(17)28-20(23)25)29(26,27)22-12-6-1-2-7-13-22/h8-9,14H,1-7,10-13,15H2. The van der Waals surface area contributed by atoms with Crippen molar-refractivity contribution in [2.24, 2.45) is 0 Å². The Morgan fingerprint density at radius 2 is 1.55 bits per heavy atom. The summed E-state index contributed by atoms with van der Waals surface area (Å²) in [6.07, 6.45) is 6.85. The van der Waals surface area contributed by atoms with E-state index in [4.69, 9.17) is 4.42 Å². The molecule has 0 aliphatic carbocycles. The van der Waals surface area contributed by atoms with Crippen LogP contribution in [-0.2, 0) is 21.4 Å². The summed E-state index contributed by atoms with van der Waals surface area (Å²) in [6, 6.07) is 4.46. The molecule has 0 spiro atoms. The van der Waals surface area contributed by atoms with Crippen LogP contribution in [0.15, 0.2) is 32.3 Å². The van der Waals surface area contributed by atoms with Crippen molar-refractivity contribution in [3.63, 3.8) is 0 Å². The molecule has 0 bridgehead atoms. The molecule has 4 rings (SSSR count). The van der Waals surface area contributed by atoms with Crippen molar-refractivity contribution in [3.8, 4) is 0 Å². The second-order valence-electron chi connectivity index (χ2n) is 7.84. The third-order valence-corrected chi connectivity index (χ3v) is 7.74. The summed E-state index contributed by atoms with van der Waals surface area (Å²) in [4.78, 5) is 26.8. The van der Waals surface area contributed by atoms with Gasteiger partial charge in [-0.15, -0.1) is 0 Å². The zero-order chi connectivity index (χ0) is 20.4. The first-order valence-corrected chi connectivity index (χ1v) is 11.8. The number of hydrogen-bond donors (Lipinski definition) is 0. The maximum atomic E-state index is 13.0. The van der Waals surface area contributed by atoms with Gasteiger partial charge in [-0.1, -0.05) is 12.8 Å². The number of hydrogen-bond acceptors (Lipinski definition) is 5. The number of carbonyl (C=O) groups excluding carboxylic acids is 1. The highest BCUT2D eigenvalue weighted by atomic mass is 32.2. The summed E-state index contributed by atoms with van der Waals surface area (Å²) in [5.41, 5.74) is 0.632. The maximum absolute atomic E-state index is 13.0. The minimum atomic E-state index is -3.63. The van der Waals surface area contributed by atoms with Crippen molar-refractivity contribution in [1.29, 1.82) is 0 Å². The molecular weight excluding hydrogens is 394 g/mol. The molecule has 2 fully saturated rings. The van der Waals surface area contributed by atoms with Crippen LogP contribution in [0.25, 0.3) is 11.1 Å². The molecule has 0 unspecified atom stereocenters. The average Bonchev–Trinajstić information content (AvgIpc) is 2.91. The molecule has 1 amide bonds.